The molecule has 0 spiro atoms. The first-order valence-corrected chi connectivity index (χ1v) is 10.1. The summed E-state index contributed by atoms with van der Waals surface area (Å²) in [6, 6.07) is 8.25. The minimum atomic E-state index is -0.214. The quantitative estimate of drug-likeness (QED) is 0.665. The van der Waals surface area contributed by atoms with Crippen LogP contribution in [0.5, 0.6) is 11.5 Å². The maximum Gasteiger partial charge on any atom is 0.231 e. The third kappa shape index (κ3) is 3.77. The molecule has 0 radical (unpaired) electrons. The number of carbonyl (C=O) groups is 1. The number of hydrogen-bond donors (Lipinski definition) is 1. The highest BCUT2D eigenvalue weighted by Crippen LogP contribution is 2.41. The molecule has 0 aromatic heterocycles. The largest absolute Gasteiger partial charge is 0.507 e. The summed E-state index contributed by atoms with van der Waals surface area (Å²) in [5, 5.41) is 11.4. The summed E-state index contributed by atoms with van der Waals surface area (Å²) in [7, 11) is 0. The van der Waals surface area contributed by atoms with Gasteiger partial charge in [0.05, 0.1) is 11.1 Å². The average molecular weight is 418 g/mol. The van der Waals surface area contributed by atoms with Crippen molar-refractivity contribution in [3.8, 4) is 11.5 Å². The predicted molar refractivity (Wildman–Crippen MR) is 111 cm³/mol. The van der Waals surface area contributed by atoms with Crippen molar-refractivity contribution < 1.29 is 14.6 Å². The van der Waals surface area contributed by atoms with Crippen molar-refractivity contribution in [2.75, 3.05) is 13.1 Å². The number of carbonyl (C=O) groups excluding carboxylic acids is 1. The number of Topliss-reactive ketones (excluding diaryl/α,β-unsaturated/α-hetero) is 1. The zero-order valence-corrected chi connectivity index (χ0v) is 17.1. The van der Waals surface area contributed by atoms with Gasteiger partial charge in [0, 0.05) is 23.1 Å². The Hall–Kier alpha value is -2.01. The molecule has 2 aromatic carbocycles. The number of benzene rings is 2. The first-order valence-electron chi connectivity index (χ1n) is 9.39. The fourth-order valence-corrected chi connectivity index (χ4v) is 4.33. The molecule has 1 saturated heterocycles. The molecule has 2 aromatic rings. The number of phenolic OH excluding ortho intramolecular Hbond substituents is 1. The van der Waals surface area contributed by atoms with Crippen LogP contribution >= 0.6 is 23.2 Å². The van der Waals surface area contributed by atoms with Crippen molar-refractivity contribution in [3.05, 3.63) is 62.8 Å². The minimum Gasteiger partial charge on any atom is -0.507 e. The minimum absolute atomic E-state index is 0.149. The number of fused-ring (bicyclic) bond motifs is 1. The maximum absolute atomic E-state index is 12.8. The number of ketones is 1. The van der Waals surface area contributed by atoms with E-state index in [9.17, 15) is 9.90 Å². The number of ether oxygens (including phenoxy) is 1. The van der Waals surface area contributed by atoms with Crippen LogP contribution in [0.1, 0.15) is 41.3 Å². The zero-order valence-electron chi connectivity index (χ0n) is 15.5. The Kier molecular flexibility index (Phi) is 5.37. The highest BCUT2D eigenvalue weighted by molar-refractivity contribution is 6.35. The molecule has 2 heterocycles. The Bertz CT molecular complexity index is 970. The topological polar surface area (TPSA) is 49.8 Å². The first-order chi connectivity index (χ1) is 13.4. The lowest BCUT2D eigenvalue weighted by molar-refractivity contribution is 0.101. The fraction of sp³-hybridized carbons (Fsp3) is 0.318. The number of phenols is 1. The van der Waals surface area contributed by atoms with Gasteiger partial charge in [-0.15, -0.1) is 0 Å². The maximum atomic E-state index is 12.8. The van der Waals surface area contributed by atoms with Crippen LogP contribution in [0.4, 0.5) is 0 Å². The van der Waals surface area contributed by atoms with Gasteiger partial charge >= 0.3 is 0 Å². The molecular formula is C22H21Cl2NO3. The second-order valence-electron chi connectivity index (χ2n) is 7.53. The molecule has 2 aliphatic rings. The number of likely N-dealkylation sites (tertiary alicyclic amines) is 1. The van der Waals surface area contributed by atoms with Gasteiger partial charge in [-0.25, -0.2) is 0 Å². The van der Waals surface area contributed by atoms with E-state index in [-0.39, 0.29) is 17.3 Å². The number of nitrogens with zero attached hydrogens (tertiary/aromatic N) is 1. The monoisotopic (exact) mass is 417 g/mol. The number of piperidine rings is 1. The molecular weight excluding hydrogens is 397 g/mol. The van der Waals surface area contributed by atoms with Crippen LogP contribution in [-0.4, -0.2) is 28.9 Å². The molecule has 6 heteroatoms. The van der Waals surface area contributed by atoms with Crippen molar-refractivity contribution in [2.24, 2.45) is 5.92 Å². The van der Waals surface area contributed by atoms with Gasteiger partial charge in [0.15, 0.2) is 5.76 Å². The normalized spacial score (nSPS) is 21.0. The van der Waals surface area contributed by atoms with E-state index in [0.717, 1.165) is 19.5 Å². The van der Waals surface area contributed by atoms with Crippen LogP contribution in [0.3, 0.4) is 0 Å². The van der Waals surface area contributed by atoms with Crippen molar-refractivity contribution in [3.63, 3.8) is 0 Å². The van der Waals surface area contributed by atoms with Gasteiger partial charge in [0.2, 0.25) is 5.78 Å². The summed E-state index contributed by atoms with van der Waals surface area (Å²) >= 11 is 12.2. The zero-order chi connectivity index (χ0) is 19.8. The Balaban J connectivity index is 1.65. The van der Waals surface area contributed by atoms with E-state index in [1.165, 1.54) is 6.42 Å². The van der Waals surface area contributed by atoms with Crippen LogP contribution < -0.4 is 4.74 Å². The van der Waals surface area contributed by atoms with Gasteiger partial charge in [-0.2, -0.15) is 0 Å². The standard InChI is InChI=1S/C22H21Cl2NO3/c1-13-3-2-8-25(11-13)12-17-19(26)7-6-16-21(27)20(28-22(16)17)9-14-4-5-15(23)10-18(14)24/h4-7,9-10,13,26H,2-3,8,11-12H2,1H3/t13-/m1/s1. The molecule has 0 unspecified atom stereocenters. The van der Waals surface area contributed by atoms with Gasteiger partial charge in [-0.3, -0.25) is 9.69 Å². The molecule has 1 N–H and O–H groups in total. The Morgan fingerprint density at radius 2 is 2.11 bits per heavy atom. The molecule has 4 nitrogen and oxygen atoms in total. The summed E-state index contributed by atoms with van der Waals surface area (Å²) in [4.78, 5) is 15.1. The molecule has 146 valence electrons. The van der Waals surface area contributed by atoms with Crippen molar-refractivity contribution in [2.45, 2.75) is 26.3 Å². The van der Waals surface area contributed by atoms with Crippen molar-refractivity contribution in [1.29, 1.82) is 0 Å². The molecule has 1 atom stereocenters. The summed E-state index contributed by atoms with van der Waals surface area (Å²) < 4.78 is 5.92. The Morgan fingerprint density at radius 3 is 2.86 bits per heavy atom. The third-order valence-corrected chi connectivity index (χ3v) is 5.85. The lowest BCUT2D eigenvalue weighted by Gasteiger charge is -2.31. The number of halogens is 2. The summed E-state index contributed by atoms with van der Waals surface area (Å²) in [5.41, 5.74) is 1.78. The summed E-state index contributed by atoms with van der Waals surface area (Å²) in [5.74, 6) is 1.19. The summed E-state index contributed by atoms with van der Waals surface area (Å²) in [6.07, 6.45) is 3.97. The number of aromatic hydroxyl groups is 1. The van der Waals surface area contributed by atoms with Crippen LogP contribution in [0, 0.1) is 5.92 Å². The van der Waals surface area contributed by atoms with E-state index in [1.54, 1.807) is 36.4 Å². The molecule has 1 fully saturated rings. The molecule has 0 bridgehead atoms. The van der Waals surface area contributed by atoms with Crippen molar-refractivity contribution in [1.82, 2.24) is 4.90 Å². The average Bonchev–Trinajstić information content (AvgIpc) is 2.96. The number of rotatable bonds is 3. The lowest BCUT2D eigenvalue weighted by atomic mass is 9.99. The van der Waals surface area contributed by atoms with Gasteiger partial charge in [0.1, 0.15) is 11.5 Å². The van der Waals surface area contributed by atoms with E-state index < -0.39 is 0 Å². The summed E-state index contributed by atoms with van der Waals surface area (Å²) in [6.45, 7) is 4.74. The molecule has 28 heavy (non-hydrogen) atoms. The van der Waals surface area contributed by atoms with E-state index >= 15 is 0 Å². The SMILES string of the molecule is C[C@@H]1CCCN(Cc2c(O)ccc3c2OC(=Cc2ccc(Cl)cc2Cl)C3=O)C1. The third-order valence-electron chi connectivity index (χ3n) is 5.29. The highest BCUT2D eigenvalue weighted by atomic mass is 35.5. The number of hydrogen-bond acceptors (Lipinski definition) is 4. The van der Waals surface area contributed by atoms with Crippen LogP contribution in [0.2, 0.25) is 10.0 Å². The molecule has 0 amide bonds. The molecule has 4 rings (SSSR count). The Labute approximate surface area is 174 Å². The highest BCUT2D eigenvalue weighted by Gasteiger charge is 2.32. The smallest absolute Gasteiger partial charge is 0.231 e. The molecule has 0 saturated carbocycles. The van der Waals surface area contributed by atoms with Gasteiger partial charge in [-0.05, 0) is 61.2 Å². The van der Waals surface area contributed by atoms with Crippen LogP contribution in [0.25, 0.3) is 6.08 Å². The number of allylic oxidation sites excluding steroid dienone is 1. The van der Waals surface area contributed by atoms with Gasteiger partial charge in [0.25, 0.3) is 0 Å². The molecule has 0 aliphatic carbocycles. The van der Waals surface area contributed by atoms with E-state index in [2.05, 4.69) is 11.8 Å². The Morgan fingerprint density at radius 1 is 1.29 bits per heavy atom. The van der Waals surface area contributed by atoms with Crippen LogP contribution in [-0.2, 0) is 6.54 Å². The van der Waals surface area contributed by atoms with Gasteiger partial charge in [-0.1, -0.05) is 36.2 Å². The fourth-order valence-electron chi connectivity index (χ4n) is 3.86. The lowest BCUT2D eigenvalue weighted by Crippen LogP contribution is -2.33. The van der Waals surface area contributed by atoms with Crippen molar-refractivity contribution >= 4 is 35.1 Å². The van der Waals surface area contributed by atoms with E-state index in [0.29, 0.717) is 44.9 Å². The van der Waals surface area contributed by atoms with E-state index in [4.69, 9.17) is 27.9 Å². The van der Waals surface area contributed by atoms with E-state index in [1.807, 2.05) is 0 Å². The van der Waals surface area contributed by atoms with Gasteiger partial charge < -0.3 is 9.84 Å². The second-order valence-corrected chi connectivity index (χ2v) is 8.37. The van der Waals surface area contributed by atoms with Crippen LogP contribution in [0.15, 0.2) is 36.1 Å². The molecule has 2 aliphatic heterocycles. The first kappa shape index (κ1) is 19.3. The second kappa shape index (κ2) is 7.78. The predicted octanol–water partition coefficient (Wildman–Crippen LogP) is 5.55.